The second-order valence-corrected chi connectivity index (χ2v) is 4.71. The molecule has 0 aromatic carbocycles. The maximum atomic E-state index is 11.8. The van der Waals surface area contributed by atoms with Crippen LogP contribution >= 0.6 is 0 Å². The van der Waals surface area contributed by atoms with E-state index in [9.17, 15) is 14.4 Å². The van der Waals surface area contributed by atoms with Crippen molar-refractivity contribution in [2.24, 2.45) is 5.92 Å². The lowest BCUT2D eigenvalue weighted by Gasteiger charge is -2.06. The first-order valence-electron chi connectivity index (χ1n) is 6.30. The largest absolute Gasteiger partial charge is 0.461 e. The van der Waals surface area contributed by atoms with Crippen LogP contribution in [-0.2, 0) is 20.8 Å². The van der Waals surface area contributed by atoms with E-state index in [1.807, 2.05) is 19.2 Å². The Hall–Kier alpha value is -2.45. The minimum Gasteiger partial charge on any atom is -0.461 e. The highest BCUT2D eigenvalue weighted by Crippen LogP contribution is 2.06. The number of carbonyl (C=O) groups excluding carboxylic acids is 3. The predicted octanol–water partition coefficient (Wildman–Crippen LogP) is 0.282. The molecular weight excluding hydrogens is 280 g/mol. The molecule has 0 spiro atoms. The Morgan fingerprint density at radius 2 is 2.00 bits per heavy atom. The molecule has 1 N–H and O–H groups in total. The summed E-state index contributed by atoms with van der Waals surface area (Å²) in [5.41, 5.74) is 0.422. The highest BCUT2D eigenvalue weighted by molar-refractivity contribution is 5.92. The number of methoxy groups -OCH3 is 1. The fourth-order valence-corrected chi connectivity index (χ4v) is 1.35. The predicted molar refractivity (Wildman–Crippen MR) is 70.4 cm³/mol. The standard InChI is InChI=1S/C12H18N4O5/c1-7(2)6-21-11(18)10-8(3)16(15-14-10)5-9(17)13-12(19)20-4/h7H,5-6H2,1-4H3,(H,13,17,19). The number of imide groups is 1. The summed E-state index contributed by atoms with van der Waals surface area (Å²) < 4.78 is 10.5. The second-order valence-electron chi connectivity index (χ2n) is 4.71. The van der Waals surface area contributed by atoms with E-state index in [1.165, 1.54) is 4.68 Å². The van der Waals surface area contributed by atoms with Gasteiger partial charge in [0.25, 0.3) is 5.91 Å². The van der Waals surface area contributed by atoms with Crippen molar-refractivity contribution < 1.29 is 23.9 Å². The van der Waals surface area contributed by atoms with Crippen LogP contribution in [-0.4, -0.2) is 46.7 Å². The third kappa shape index (κ3) is 4.86. The van der Waals surface area contributed by atoms with Crippen LogP contribution in [0.3, 0.4) is 0 Å². The van der Waals surface area contributed by atoms with E-state index in [0.29, 0.717) is 5.69 Å². The van der Waals surface area contributed by atoms with Crippen LogP contribution in [0, 0.1) is 12.8 Å². The Labute approximate surface area is 121 Å². The molecule has 0 aliphatic heterocycles. The molecule has 2 amide bonds. The highest BCUT2D eigenvalue weighted by Gasteiger charge is 2.20. The van der Waals surface area contributed by atoms with Gasteiger partial charge in [0.2, 0.25) is 0 Å². The number of ether oxygens (including phenoxy) is 2. The lowest BCUT2D eigenvalue weighted by atomic mass is 10.2. The molecule has 1 rings (SSSR count). The third-order valence-electron chi connectivity index (χ3n) is 2.44. The number of alkyl carbamates (subject to hydrolysis) is 1. The van der Waals surface area contributed by atoms with Crippen LogP contribution < -0.4 is 5.32 Å². The zero-order valence-electron chi connectivity index (χ0n) is 12.4. The fourth-order valence-electron chi connectivity index (χ4n) is 1.35. The quantitative estimate of drug-likeness (QED) is 0.777. The van der Waals surface area contributed by atoms with Gasteiger partial charge in [0, 0.05) is 0 Å². The van der Waals surface area contributed by atoms with Crippen molar-refractivity contribution in [3.63, 3.8) is 0 Å². The van der Waals surface area contributed by atoms with Gasteiger partial charge in [-0.25, -0.2) is 14.3 Å². The molecule has 1 aromatic rings. The summed E-state index contributed by atoms with van der Waals surface area (Å²) in [6.45, 7) is 5.42. The summed E-state index contributed by atoms with van der Waals surface area (Å²) in [7, 11) is 1.15. The topological polar surface area (TPSA) is 112 Å². The molecule has 0 aliphatic carbocycles. The first kappa shape index (κ1) is 16.6. The van der Waals surface area contributed by atoms with Gasteiger partial charge >= 0.3 is 12.1 Å². The van der Waals surface area contributed by atoms with Crippen molar-refractivity contribution in [2.45, 2.75) is 27.3 Å². The molecule has 0 aliphatic rings. The van der Waals surface area contributed by atoms with Crippen LogP contribution in [0.5, 0.6) is 0 Å². The van der Waals surface area contributed by atoms with E-state index in [-0.39, 0.29) is 24.8 Å². The molecule has 0 saturated heterocycles. The molecule has 9 nitrogen and oxygen atoms in total. The van der Waals surface area contributed by atoms with Gasteiger partial charge in [-0.3, -0.25) is 10.1 Å². The van der Waals surface area contributed by atoms with Gasteiger partial charge in [-0.2, -0.15) is 0 Å². The minimum atomic E-state index is -0.866. The van der Waals surface area contributed by atoms with Gasteiger partial charge in [-0.1, -0.05) is 19.1 Å². The summed E-state index contributed by atoms with van der Waals surface area (Å²) in [5.74, 6) is -1.02. The van der Waals surface area contributed by atoms with E-state index in [0.717, 1.165) is 7.11 Å². The Kier molecular flexibility index (Phi) is 5.82. The number of hydrogen-bond acceptors (Lipinski definition) is 7. The number of carbonyl (C=O) groups is 3. The molecule has 0 bridgehead atoms. The molecule has 9 heteroatoms. The van der Waals surface area contributed by atoms with Crippen LogP contribution in [0.25, 0.3) is 0 Å². The summed E-state index contributed by atoms with van der Waals surface area (Å²) in [6.07, 6.45) is -0.866. The number of rotatable bonds is 5. The fraction of sp³-hybridized carbons (Fsp3) is 0.583. The smallest absolute Gasteiger partial charge is 0.413 e. The summed E-state index contributed by atoms with van der Waals surface area (Å²) >= 11 is 0. The minimum absolute atomic E-state index is 0.0431. The van der Waals surface area contributed by atoms with Gasteiger partial charge in [0.1, 0.15) is 6.54 Å². The van der Waals surface area contributed by atoms with Crippen molar-refractivity contribution in [3.8, 4) is 0 Å². The zero-order chi connectivity index (χ0) is 16.0. The molecule has 1 heterocycles. The van der Waals surface area contributed by atoms with E-state index in [4.69, 9.17) is 4.74 Å². The van der Waals surface area contributed by atoms with Gasteiger partial charge in [-0.05, 0) is 12.8 Å². The molecule has 0 unspecified atom stereocenters. The Balaban J connectivity index is 2.69. The van der Waals surface area contributed by atoms with Gasteiger partial charge in [0.05, 0.1) is 19.4 Å². The van der Waals surface area contributed by atoms with Gasteiger partial charge in [-0.15, -0.1) is 5.10 Å². The van der Waals surface area contributed by atoms with Gasteiger partial charge < -0.3 is 9.47 Å². The summed E-state index contributed by atoms with van der Waals surface area (Å²) in [4.78, 5) is 34.2. The Morgan fingerprint density at radius 1 is 1.33 bits per heavy atom. The first-order valence-corrected chi connectivity index (χ1v) is 6.30. The lowest BCUT2D eigenvalue weighted by Crippen LogP contribution is -2.33. The van der Waals surface area contributed by atoms with E-state index >= 15 is 0 Å². The number of nitrogens with zero attached hydrogens (tertiary/aromatic N) is 3. The Morgan fingerprint density at radius 3 is 2.57 bits per heavy atom. The molecule has 1 aromatic heterocycles. The third-order valence-corrected chi connectivity index (χ3v) is 2.44. The van der Waals surface area contributed by atoms with Crippen molar-refractivity contribution in [3.05, 3.63) is 11.4 Å². The molecule has 0 radical (unpaired) electrons. The molecular formula is C12H18N4O5. The second kappa shape index (κ2) is 7.36. The van der Waals surface area contributed by atoms with Crippen LogP contribution in [0.2, 0.25) is 0 Å². The van der Waals surface area contributed by atoms with E-state index in [2.05, 4.69) is 15.0 Å². The van der Waals surface area contributed by atoms with Crippen LogP contribution in [0.4, 0.5) is 4.79 Å². The van der Waals surface area contributed by atoms with Crippen LogP contribution in [0.15, 0.2) is 0 Å². The molecule has 21 heavy (non-hydrogen) atoms. The molecule has 116 valence electrons. The van der Waals surface area contributed by atoms with E-state index < -0.39 is 18.0 Å². The van der Waals surface area contributed by atoms with E-state index in [1.54, 1.807) is 6.92 Å². The number of esters is 1. The number of hydrogen-bond donors (Lipinski definition) is 1. The summed E-state index contributed by atoms with van der Waals surface area (Å²) in [6, 6.07) is 0. The monoisotopic (exact) mass is 298 g/mol. The average molecular weight is 298 g/mol. The first-order chi connectivity index (χ1) is 9.85. The molecule has 0 fully saturated rings. The van der Waals surface area contributed by atoms with Gasteiger partial charge in [0.15, 0.2) is 5.69 Å². The van der Waals surface area contributed by atoms with Crippen molar-refractivity contribution in [1.82, 2.24) is 20.3 Å². The SMILES string of the molecule is COC(=O)NC(=O)Cn1nnc(C(=O)OCC(C)C)c1C. The average Bonchev–Trinajstić information content (AvgIpc) is 2.77. The maximum Gasteiger partial charge on any atom is 0.413 e. The highest BCUT2D eigenvalue weighted by atomic mass is 16.5. The lowest BCUT2D eigenvalue weighted by molar-refractivity contribution is -0.121. The number of nitrogens with one attached hydrogen (secondary N) is 1. The van der Waals surface area contributed by atoms with Crippen molar-refractivity contribution >= 4 is 18.0 Å². The zero-order valence-corrected chi connectivity index (χ0v) is 12.4. The van der Waals surface area contributed by atoms with Crippen molar-refractivity contribution in [1.29, 1.82) is 0 Å². The Bertz CT molecular complexity index is 538. The van der Waals surface area contributed by atoms with Crippen molar-refractivity contribution in [2.75, 3.05) is 13.7 Å². The maximum absolute atomic E-state index is 11.8. The number of amides is 2. The van der Waals surface area contributed by atoms with Crippen LogP contribution in [0.1, 0.15) is 30.0 Å². The molecule has 0 saturated carbocycles. The number of aromatic nitrogens is 3. The normalized spacial score (nSPS) is 10.3. The summed E-state index contributed by atoms with van der Waals surface area (Å²) in [5, 5.41) is 9.36. The molecule has 0 atom stereocenters.